The van der Waals surface area contributed by atoms with Crippen LogP contribution in [0.3, 0.4) is 0 Å². The molecule has 1 atom stereocenters. The molecule has 2 aliphatic rings. The van der Waals surface area contributed by atoms with E-state index >= 15 is 4.39 Å². The summed E-state index contributed by atoms with van der Waals surface area (Å²) in [6.45, 7) is 2.79. The second-order valence-electron chi connectivity index (χ2n) is 8.02. The number of nitrogens with two attached hydrogens (primary N) is 1. The van der Waals surface area contributed by atoms with Crippen LogP contribution >= 0.6 is 11.3 Å². The molecule has 6 rings (SSSR count). The standard InChI is InChI=1S/C22H19F2N5OS/c23-15-2-1-12(18-20(15)31-22(25)27-18)17-13-4-7-28-6-3-11-10-26-5-8-29(11)21(30)14(19(13)28)9-16(17)24/h1-2,4,7,9,11,26H,3,5-6,8,10H2,(H2,25,27)/t11-/m1/s1. The van der Waals surface area contributed by atoms with Crippen LogP contribution < -0.4 is 11.1 Å². The summed E-state index contributed by atoms with van der Waals surface area (Å²) in [7, 11) is 0. The van der Waals surface area contributed by atoms with Gasteiger partial charge in [0.1, 0.15) is 11.6 Å². The van der Waals surface area contributed by atoms with Crippen LogP contribution in [-0.4, -0.2) is 46.0 Å². The molecule has 1 fully saturated rings. The first kappa shape index (κ1) is 18.7. The first-order chi connectivity index (χ1) is 15.0. The Hall–Kier alpha value is -3.04. The lowest BCUT2D eigenvalue weighted by atomic mass is 9.95. The highest BCUT2D eigenvalue weighted by molar-refractivity contribution is 7.22. The number of fused-ring (bicyclic) bond motifs is 2. The Morgan fingerprint density at radius 2 is 2.03 bits per heavy atom. The maximum absolute atomic E-state index is 15.6. The number of nitrogen functional groups attached to an aromatic ring is 1. The summed E-state index contributed by atoms with van der Waals surface area (Å²) in [5.41, 5.74) is 8.02. The van der Waals surface area contributed by atoms with Crippen molar-refractivity contribution in [3.8, 4) is 11.1 Å². The van der Waals surface area contributed by atoms with Crippen LogP contribution in [0.5, 0.6) is 0 Å². The maximum atomic E-state index is 15.6. The molecule has 6 nitrogen and oxygen atoms in total. The van der Waals surface area contributed by atoms with Crippen LogP contribution in [0.1, 0.15) is 16.8 Å². The molecule has 3 N–H and O–H groups in total. The Labute approximate surface area is 180 Å². The average Bonchev–Trinajstić information content (AvgIpc) is 3.35. The third-order valence-corrected chi connectivity index (χ3v) is 7.22. The maximum Gasteiger partial charge on any atom is 0.256 e. The zero-order chi connectivity index (χ0) is 21.3. The van der Waals surface area contributed by atoms with Crippen molar-refractivity contribution >= 4 is 43.5 Å². The summed E-state index contributed by atoms with van der Waals surface area (Å²) in [6.07, 6.45) is 2.71. The normalized spacial score (nSPS) is 19.0. The highest BCUT2D eigenvalue weighted by Crippen LogP contribution is 2.41. The third-order valence-electron chi connectivity index (χ3n) is 6.32. The number of nitrogens with one attached hydrogen (secondary N) is 1. The summed E-state index contributed by atoms with van der Waals surface area (Å²) >= 11 is 1.04. The Balaban J connectivity index is 1.63. The van der Waals surface area contributed by atoms with E-state index in [2.05, 4.69) is 10.3 Å². The van der Waals surface area contributed by atoms with Gasteiger partial charge in [0.2, 0.25) is 0 Å². The predicted molar refractivity (Wildman–Crippen MR) is 117 cm³/mol. The van der Waals surface area contributed by atoms with Crippen LogP contribution in [-0.2, 0) is 6.54 Å². The number of aryl methyl sites for hydroxylation is 1. The molecule has 31 heavy (non-hydrogen) atoms. The van der Waals surface area contributed by atoms with Gasteiger partial charge < -0.3 is 20.5 Å². The minimum absolute atomic E-state index is 0.0873. The molecule has 2 aromatic heterocycles. The fourth-order valence-electron chi connectivity index (χ4n) is 4.92. The summed E-state index contributed by atoms with van der Waals surface area (Å²) < 4.78 is 32.2. The molecule has 0 unspecified atom stereocenters. The minimum Gasteiger partial charge on any atom is -0.375 e. The molecule has 0 saturated carbocycles. The number of anilines is 1. The van der Waals surface area contributed by atoms with Gasteiger partial charge >= 0.3 is 0 Å². The monoisotopic (exact) mass is 439 g/mol. The van der Waals surface area contributed by atoms with E-state index in [0.29, 0.717) is 44.4 Å². The lowest BCUT2D eigenvalue weighted by molar-refractivity contribution is 0.0615. The molecule has 0 radical (unpaired) electrons. The number of thiazole rings is 1. The van der Waals surface area contributed by atoms with Gasteiger partial charge in [0.05, 0.1) is 21.3 Å². The van der Waals surface area contributed by atoms with Crippen LogP contribution in [0.25, 0.3) is 32.2 Å². The minimum atomic E-state index is -0.527. The summed E-state index contributed by atoms with van der Waals surface area (Å²) in [4.78, 5) is 19.5. The first-order valence-electron chi connectivity index (χ1n) is 10.2. The number of piperazine rings is 1. The Bertz CT molecular complexity index is 1380. The van der Waals surface area contributed by atoms with Crippen molar-refractivity contribution in [1.29, 1.82) is 0 Å². The van der Waals surface area contributed by atoms with E-state index in [1.165, 1.54) is 18.2 Å². The second kappa shape index (κ2) is 6.73. The van der Waals surface area contributed by atoms with E-state index in [9.17, 15) is 9.18 Å². The fourth-order valence-corrected chi connectivity index (χ4v) is 5.68. The number of carbonyl (C=O) groups is 1. The van der Waals surface area contributed by atoms with Gasteiger partial charge in [-0.05, 0) is 30.7 Å². The number of benzene rings is 2. The van der Waals surface area contributed by atoms with E-state index in [0.717, 1.165) is 37.4 Å². The number of rotatable bonds is 1. The molecule has 158 valence electrons. The van der Waals surface area contributed by atoms with Crippen LogP contribution in [0.15, 0.2) is 30.5 Å². The van der Waals surface area contributed by atoms with Gasteiger partial charge in [0.25, 0.3) is 5.91 Å². The molecular weight excluding hydrogens is 420 g/mol. The van der Waals surface area contributed by atoms with Gasteiger partial charge in [-0.1, -0.05) is 11.3 Å². The number of nitrogens with zero attached hydrogens (tertiary/aromatic N) is 3. The summed E-state index contributed by atoms with van der Waals surface area (Å²) in [5, 5.41) is 4.18. The first-order valence-corrected chi connectivity index (χ1v) is 11.0. The molecule has 2 aromatic carbocycles. The van der Waals surface area contributed by atoms with Crippen LogP contribution in [0.4, 0.5) is 13.9 Å². The van der Waals surface area contributed by atoms with Crippen molar-refractivity contribution in [1.82, 2.24) is 19.8 Å². The topological polar surface area (TPSA) is 76.2 Å². The predicted octanol–water partition coefficient (Wildman–Crippen LogP) is 3.60. The molecule has 2 aliphatic heterocycles. The summed E-state index contributed by atoms with van der Waals surface area (Å²) in [6, 6.07) is 6.09. The molecule has 0 bridgehead atoms. The lowest BCUT2D eigenvalue weighted by Gasteiger charge is -2.38. The average molecular weight is 439 g/mol. The Kier molecular flexibility index (Phi) is 4.06. The van der Waals surface area contributed by atoms with Crippen molar-refractivity contribution < 1.29 is 13.6 Å². The van der Waals surface area contributed by atoms with Crippen molar-refractivity contribution in [2.45, 2.75) is 19.0 Å². The molecule has 0 aliphatic carbocycles. The molecule has 0 spiro atoms. The molecule has 4 heterocycles. The van der Waals surface area contributed by atoms with Crippen molar-refractivity contribution in [2.24, 2.45) is 0 Å². The molecule has 4 aromatic rings. The smallest absolute Gasteiger partial charge is 0.256 e. The summed E-state index contributed by atoms with van der Waals surface area (Å²) in [5.74, 6) is -1.11. The third kappa shape index (κ3) is 2.69. The SMILES string of the molecule is Nc1nc2c(-c3c(F)cc4c5c3ccn5CC[C@@H]3CNCCN3C4=O)ccc(F)c2s1. The van der Waals surface area contributed by atoms with E-state index in [4.69, 9.17) is 5.73 Å². The van der Waals surface area contributed by atoms with Gasteiger partial charge in [-0.2, -0.15) is 0 Å². The van der Waals surface area contributed by atoms with Gasteiger partial charge in [0, 0.05) is 54.9 Å². The number of carbonyl (C=O) groups excluding carboxylic acids is 1. The van der Waals surface area contributed by atoms with E-state index in [1.807, 2.05) is 21.7 Å². The molecule has 9 heteroatoms. The second-order valence-corrected chi connectivity index (χ2v) is 9.05. The van der Waals surface area contributed by atoms with Crippen molar-refractivity contribution in [3.63, 3.8) is 0 Å². The van der Waals surface area contributed by atoms with Crippen LogP contribution in [0.2, 0.25) is 0 Å². The van der Waals surface area contributed by atoms with Crippen molar-refractivity contribution in [2.75, 3.05) is 25.4 Å². The molecule has 1 amide bonds. The van der Waals surface area contributed by atoms with E-state index in [-0.39, 0.29) is 17.1 Å². The quantitative estimate of drug-likeness (QED) is 0.475. The molecular formula is C22H19F2N5OS. The Morgan fingerprint density at radius 1 is 1.16 bits per heavy atom. The largest absolute Gasteiger partial charge is 0.375 e. The van der Waals surface area contributed by atoms with Crippen molar-refractivity contribution in [3.05, 3.63) is 47.7 Å². The zero-order valence-electron chi connectivity index (χ0n) is 16.5. The highest BCUT2D eigenvalue weighted by atomic mass is 32.1. The van der Waals surface area contributed by atoms with Gasteiger partial charge in [-0.25, -0.2) is 13.8 Å². The van der Waals surface area contributed by atoms with E-state index < -0.39 is 11.6 Å². The number of halogens is 2. The molecule has 1 saturated heterocycles. The van der Waals surface area contributed by atoms with Crippen LogP contribution in [0, 0.1) is 11.6 Å². The fraction of sp³-hybridized carbons (Fsp3) is 0.273. The number of hydrogen-bond donors (Lipinski definition) is 2. The Morgan fingerprint density at radius 3 is 2.90 bits per heavy atom. The number of aromatic nitrogens is 2. The van der Waals surface area contributed by atoms with Gasteiger partial charge in [-0.15, -0.1) is 0 Å². The zero-order valence-corrected chi connectivity index (χ0v) is 17.3. The lowest BCUT2D eigenvalue weighted by Crippen LogP contribution is -2.54. The highest BCUT2D eigenvalue weighted by Gasteiger charge is 2.32. The number of hydrogen-bond acceptors (Lipinski definition) is 5. The number of amides is 1. The van der Waals surface area contributed by atoms with Gasteiger partial charge in [0.15, 0.2) is 5.13 Å². The van der Waals surface area contributed by atoms with E-state index in [1.54, 1.807) is 0 Å². The van der Waals surface area contributed by atoms with Gasteiger partial charge in [-0.3, -0.25) is 4.79 Å².